The molecule has 0 aliphatic rings. The van der Waals surface area contributed by atoms with Crippen molar-refractivity contribution < 1.29 is 9.26 Å². The summed E-state index contributed by atoms with van der Waals surface area (Å²) >= 11 is 5.90. The molecule has 0 aliphatic carbocycles. The molecule has 1 aromatic carbocycles. The lowest BCUT2D eigenvalue weighted by Gasteiger charge is -2.04. The molecule has 1 aromatic heterocycles. The second-order valence-corrected chi connectivity index (χ2v) is 4.47. The van der Waals surface area contributed by atoms with Gasteiger partial charge in [-0.1, -0.05) is 16.8 Å². The zero-order chi connectivity index (χ0) is 13.1. The van der Waals surface area contributed by atoms with Crippen molar-refractivity contribution in [1.29, 1.82) is 0 Å². The zero-order valence-electron chi connectivity index (χ0n) is 10.2. The van der Waals surface area contributed by atoms with Crippen LogP contribution in [-0.4, -0.2) is 23.3 Å². The lowest BCUT2D eigenvalue weighted by molar-refractivity contribution is 0.371. The zero-order valence-corrected chi connectivity index (χ0v) is 10.9. The van der Waals surface area contributed by atoms with E-state index in [2.05, 4.69) is 10.1 Å². The van der Waals surface area contributed by atoms with Crippen molar-refractivity contribution in [3.63, 3.8) is 0 Å². The topological polar surface area (TPSA) is 74.2 Å². The third kappa shape index (κ3) is 2.80. The number of nitrogens with two attached hydrogens (primary N) is 1. The highest BCUT2D eigenvalue weighted by Gasteiger charge is 2.14. The molecule has 0 aliphatic heterocycles. The maximum atomic E-state index is 5.90. The molecular formula is C12H14ClN3O2. The molecule has 96 valence electrons. The Bertz CT molecular complexity index is 540. The van der Waals surface area contributed by atoms with E-state index < -0.39 is 0 Å². The van der Waals surface area contributed by atoms with E-state index in [0.29, 0.717) is 28.9 Å². The molecule has 0 amide bonds. The Hall–Kier alpha value is -1.59. The minimum atomic E-state index is -0.0228. The molecule has 0 bridgehead atoms. The SMILES string of the molecule is COc1cc(Cl)ccc1-c1noc(CC(C)N)n1. The summed E-state index contributed by atoms with van der Waals surface area (Å²) in [5, 5.41) is 4.51. The predicted molar refractivity (Wildman–Crippen MR) is 68.6 cm³/mol. The molecule has 0 spiro atoms. The van der Waals surface area contributed by atoms with E-state index in [1.165, 1.54) is 0 Å². The number of hydrogen-bond donors (Lipinski definition) is 1. The Morgan fingerprint density at radius 1 is 1.50 bits per heavy atom. The largest absolute Gasteiger partial charge is 0.496 e. The van der Waals surface area contributed by atoms with Crippen LogP contribution in [0.4, 0.5) is 0 Å². The second-order valence-electron chi connectivity index (χ2n) is 4.04. The van der Waals surface area contributed by atoms with Crippen LogP contribution >= 0.6 is 11.6 Å². The standard InChI is InChI=1S/C12H14ClN3O2/c1-7(14)5-11-15-12(16-18-11)9-4-3-8(13)6-10(9)17-2/h3-4,6-7H,5,14H2,1-2H3. The normalized spacial score (nSPS) is 12.4. The van der Waals surface area contributed by atoms with Crippen LogP contribution in [0.5, 0.6) is 5.75 Å². The number of benzene rings is 1. The van der Waals surface area contributed by atoms with Gasteiger partial charge in [-0.2, -0.15) is 4.98 Å². The lowest BCUT2D eigenvalue weighted by atomic mass is 10.2. The van der Waals surface area contributed by atoms with E-state index >= 15 is 0 Å². The van der Waals surface area contributed by atoms with Gasteiger partial charge in [-0.05, 0) is 25.1 Å². The van der Waals surface area contributed by atoms with Crippen molar-refractivity contribution in [3.8, 4) is 17.1 Å². The number of halogens is 1. The smallest absolute Gasteiger partial charge is 0.228 e. The summed E-state index contributed by atoms with van der Waals surface area (Å²) in [6.45, 7) is 1.88. The van der Waals surface area contributed by atoms with E-state index in [0.717, 1.165) is 5.56 Å². The minimum absolute atomic E-state index is 0.0228. The summed E-state index contributed by atoms with van der Waals surface area (Å²) in [6.07, 6.45) is 0.545. The molecule has 1 unspecified atom stereocenters. The van der Waals surface area contributed by atoms with Gasteiger partial charge < -0.3 is 15.0 Å². The van der Waals surface area contributed by atoms with Crippen LogP contribution < -0.4 is 10.5 Å². The number of methoxy groups -OCH3 is 1. The molecule has 2 rings (SSSR count). The average Bonchev–Trinajstić information content (AvgIpc) is 2.76. The van der Waals surface area contributed by atoms with Crippen LogP contribution in [0.25, 0.3) is 11.4 Å². The summed E-state index contributed by atoms with van der Waals surface area (Å²) in [4.78, 5) is 4.28. The molecule has 0 fully saturated rings. The number of rotatable bonds is 4. The van der Waals surface area contributed by atoms with Crippen molar-refractivity contribution >= 4 is 11.6 Å². The van der Waals surface area contributed by atoms with Gasteiger partial charge in [0.05, 0.1) is 12.7 Å². The first-order valence-electron chi connectivity index (χ1n) is 5.52. The number of nitrogens with zero attached hydrogens (tertiary/aromatic N) is 2. The average molecular weight is 268 g/mol. The fraction of sp³-hybridized carbons (Fsp3) is 0.333. The van der Waals surface area contributed by atoms with Gasteiger partial charge in [0.2, 0.25) is 11.7 Å². The van der Waals surface area contributed by atoms with Crippen molar-refractivity contribution in [1.82, 2.24) is 10.1 Å². The van der Waals surface area contributed by atoms with Crippen molar-refractivity contribution in [2.45, 2.75) is 19.4 Å². The highest BCUT2D eigenvalue weighted by Crippen LogP contribution is 2.30. The van der Waals surface area contributed by atoms with Crippen LogP contribution in [0.1, 0.15) is 12.8 Å². The summed E-state index contributed by atoms with van der Waals surface area (Å²) in [5.41, 5.74) is 6.42. The summed E-state index contributed by atoms with van der Waals surface area (Å²) < 4.78 is 10.4. The molecule has 1 heterocycles. The Kier molecular flexibility index (Phi) is 3.84. The first-order chi connectivity index (χ1) is 8.60. The number of hydrogen-bond acceptors (Lipinski definition) is 5. The molecule has 2 N–H and O–H groups in total. The molecule has 18 heavy (non-hydrogen) atoms. The Morgan fingerprint density at radius 3 is 2.94 bits per heavy atom. The van der Waals surface area contributed by atoms with Gasteiger partial charge in [0.25, 0.3) is 0 Å². The van der Waals surface area contributed by atoms with E-state index in [4.69, 9.17) is 26.6 Å². The molecule has 0 saturated heterocycles. The van der Waals surface area contributed by atoms with Crippen molar-refractivity contribution in [3.05, 3.63) is 29.1 Å². The monoisotopic (exact) mass is 267 g/mol. The Morgan fingerprint density at radius 2 is 2.28 bits per heavy atom. The molecule has 2 aromatic rings. The second kappa shape index (κ2) is 5.37. The van der Waals surface area contributed by atoms with E-state index in [1.54, 1.807) is 25.3 Å². The van der Waals surface area contributed by atoms with Crippen LogP contribution in [0.3, 0.4) is 0 Å². The van der Waals surface area contributed by atoms with E-state index in [1.807, 2.05) is 6.92 Å². The van der Waals surface area contributed by atoms with E-state index in [9.17, 15) is 0 Å². The van der Waals surface area contributed by atoms with Gasteiger partial charge in [0, 0.05) is 17.5 Å². The van der Waals surface area contributed by atoms with Crippen LogP contribution in [0.15, 0.2) is 22.7 Å². The van der Waals surface area contributed by atoms with Gasteiger partial charge in [0.15, 0.2) is 0 Å². The maximum absolute atomic E-state index is 5.90. The number of aromatic nitrogens is 2. The third-order valence-electron chi connectivity index (χ3n) is 2.37. The van der Waals surface area contributed by atoms with Crippen molar-refractivity contribution in [2.24, 2.45) is 5.73 Å². The first kappa shape index (κ1) is 12.9. The van der Waals surface area contributed by atoms with Gasteiger partial charge in [-0.3, -0.25) is 0 Å². The maximum Gasteiger partial charge on any atom is 0.228 e. The van der Waals surface area contributed by atoms with Crippen LogP contribution in [0.2, 0.25) is 5.02 Å². The summed E-state index contributed by atoms with van der Waals surface area (Å²) in [6, 6.07) is 5.23. The van der Waals surface area contributed by atoms with Gasteiger partial charge >= 0.3 is 0 Å². The van der Waals surface area contributed by atoms with Gasteiger partial charge in [-0.15, -0.1) is 0 Å². The molecule has 1 atom stereocenters. The Balaban J connectivity index is 2.33. The Labute approximate surface area is 110 Å². The van der Waals surface area contributed by atoms with Gasteiger partial charge in [-0.25, -0.2) is 0 Å². The highest BCUT2D eigenvalue weighted by molar-refractivity contribution is 6.30. The first-order valence-corrected chi connectivity index (χ1v) is 5.90. The molecule has 0 radical (unpaired) electrons. The van der Waals surface area contributed by atoms with Gasteiger partial charge in [0.1, 0.15) is 5.75 Å². The fourth-order valence-electron chi connectivity index (χ4n) is 1.57. The quantitative estimate of drug-likeness (QED) is 0.920. The van der Waals surface area contributed by atoms with Crippen molar-refractivity contribution in [2.75, 3.05) is 7.11 Å². The molecule has 5 nitrogen and oxygen atoms in total. The van der Waals surface area contributed by atoms with Crippen LogP contribution in [-0.2, 0) is 6.42 Å². The lowest BCUT2D eigenvalue weighted by Crippen LogP contribution is -2.17. The van der Waals surface area contributed by atoms with Crippen LogP contribution in [0, 0.1) is 0 Å². The third-order valence-corrected chi connectivity index (χ3v) is 2.60. The van der Waals surface area contributed by atoms with E-state index in [-0.39, 0.29) is 6.04 Å². The molecular weight excluding hydrogens is 254 g/mol. The summed E-state index contributed by atoms with van der Waals surface area (Å²) in [7, 11) is 1.57. The molecule has 6 heteroatoms. The molecule has 0 saturated carbocycles. The summed E-state index contributed by atoms with van der Waals surface area (Å²) in [5.74, 6) is 1.59. The number of ether oxygens (including phenoxy) is 1. The minimum Gasteiger partial charge on any atom is -0.496 e. The highest BCUT2D eigenvalue weighted by atomic mass is 35.5. The fourth-order valence-corrected chi connectivity index (χ4v) is 1.73. The predicted octanol–water partition coefficient (Wildman–Crippen LogP) is 2.29.